The van der Waals surface area contributed by atoms with Crippen molar-refractivity contribution in [1.82, 2.24) is 0 Å². The number of rotatable bonds is 6. The maximum absolute atomic E-state index is 13.6. The fourth-order valence-electron chi connectivity index (χ4n) is 1.74. The summed E-state index contributed by atoms with van der Waals surface area (Å²) in [6.45, 7) is -0.192. The first-order valence-corrected chi connectivity index (χ1v) is 6.76. The summed E-state index contributed by atoms with van der Waals surface area (Å²) in [4.78, 5) is 0. The van der Waals surface area contributed by atoms with Gasteiger partial charge in [-0.05, 0) is 42.5 Å². The normalized spacial score (nSPS) is 11.1. The standard InChI is InChI=1S/C17H13FN2O3/c18-16-7-13(9-20)3-6-17(16)23-11-14(21)10-22-15-4-1-12(8-19)2-5-15/h1-7,14,21H,10-11H2/t14-/m0/s1. The largest absolute Gasteiger partial charge is 0.491 e. The summed E-state index contributed by atoms with van der Waals surface area (Å²) in [5, 5.41) is 27.1. The van der Waals surface area contributed by atoms with Crippen molar-refractivity contribution in [2.24, 2.45) is 0 Å². The van der Waals surface area contributed by atoms with E-state index in [0.29, 0.717) is 11.3 Å². The zero-order valence-electron chi connectivity index (χ0n) is 12.1. The van der Waals surface area contributed by atoms with E-state index in [-0.39, 0.29) is 24.5 Å². The first-order chi connectivity index (χ1) is 11.1. The lowest BCUT2D eigenvalue weighted by atomic mass is 10.2. The quantitative estimate of drug-likeness (QED) is 0.885. The van der Waals surface area contributed by atoms with Crippen LogP contribution in [0.2, 0.25) is 0 Å². The minimum absolute atomic E-state index is 0.0379. The van der Waals surface area contributed by atoms with Crippen LogP contribution in [0.25, 0.3) is 0 Å². The van der Waals surface area contributed by atoms with Gasteiger partial charge >= 0.3 is 0 Å². The van der Waals surface area contributed by atoms with Crippen LogP contribution < -0.4 is 9.47 Å². The van der Waals surface area contributed by atoms with Crippen molar-refractivity contribution in [2.75, 3.05) is 13.2 Å². The first-order valence-electron chi connectivity index (χ1n) is 6.76. The van der Waals surface area contributed by atoms with Gasteiger partial charge in [-0.1, -0.05) is 0 Å². The summed E-state index contributed by atoms with van der Waals surface area (Å²) < 4.78 is 24.1. The smallest absolute Gasteiger partial charge is 0.166 e. The Morgan fingerprint density at radius 1 is 0.957 bits per heavy atom. The number of ether oxygens (including phenoxy) is 2. The number of halogens is 1. The van der Waals surface area contributed by atoms with Crippen LogP contribution in [0.4, 0.5) is 4.39 Å². The van der Waals surface area contributed by atoms with E-state index in [1.165, 1.54) is 12.1 Å². The molecule has 0 saturated carbocycles. The number of benzene rings is 2. The van der Waals surface area contributed by atoms with Crippen LogP contribution in [0.5, 0.6) is 11.5 Å². The molecule has 1 atom stereocenters. The van der Waals surface area contributed by atoms with E-state index in [1.807, 2.05) is 12.1 Å². The van der Waals surface area contributed by atoms with Crippen LogP contribution in [0.3, 0.4) is 0 Å². The second-order valence-electron chi connectivity index (χ2n) is 4.67. The molecule has 0 unspecified atom stereocenters. The van der Waals surface area contributed by atoms with Crippen LogP contribution in [0.1, 0.15) is 11.1 Å². The molecule has 0 radical (unpaired) electrons. The lowest BCUT2D eigenvalue weighted by molar-refractivity contribution is 0.0612. The average Bonchev–Trinajstić information content (AvgIpc) is 2.59. The fraction of sp³-hybridized carbons (Fsp3) is 0.176. The number of nitriles is 2. The third-order valence-electron chi connectivity index (χ3n) is 2.92. The molecule has 0 heterocycles. The van der Waals surface area contributed by atoms with Gasteiger partial charge in [-0.15, -0.1) is 0 Å². The third kappa shape index (κ3) is 4.70. The molecule has 0 bridgehead atoms. The Hall–Kier alpha value is -3.09. The summed E-state index contributed by atoms with van der Waals surface area (Å²) in [7, 11) is 0. The van der Waals surface area contributed by atoms with Crippen LogP contribution in [0.15, 0.2) is 42.5 Å². The van der Waals surface area contributed by atoms with Crippen molar-refractivity contribution in [3.63, 3.8) is 0 Å². The molecule has 0 aliphatic rings. The Morgan fingerprint density at radius 3 is 2.17 bits per heavy atom. The maximum Gasteiger partial charge on any atom is 0.166 e. The lowest BCUT2D eigenvalue weighted by Gasteiger charge is -2.14. The highest BCUT2D eigenvalue weighted by Gasteiger charge is 2.10. The second-order valence-corrected chi connectivity index (χ2v) is 4.67. The highest BCUT2D eigenvalue weighted by molar-refractivity contribution is 5.36. The topological polar surface area (TPSA) is 86.3 Å². The molecule has 1 N–H and O–H groups in total. The molecule has 0 amide bonds. The summed E-state index contributed by atoms with van der Waals surface area (Å²) in [5.41, 5.74) is 0.706. The Bertz CT molecular complexity index is 748. The lowest BCUT2D eigenvalue weighted by Crippen LogP contribution is -2.25. The van der Waals surface area contributed by atoms with Crippen LogP contribution >= 0.6 is 0 Å². The minimum atomic E-state index is -0.958. The molecule has 0 spiro atoms. The Balaban J connectivity index is 1.82. The SMILES string of the molecule is N#Cc1ccc(OC[C@H](O)COc2ccc(C#N)cc2F)cc1. The van der Waals surface area contributed by atoms with E-state index in [1.54, 1.807) is 24.3 Å². The van der Waals surface area contributed by atoms with E-state index in [4.69, 9.17) is 20.0 Å². The van der Waals surface area contributed by atoms with Crippen molar-refractivity contribution < 1.29 is 19.0 Å². The van der Waals surface area contributed by atoms with Gasteiger partial charge in [-0.2, -0.15) is 10.5 Å². The van der Waals surface area contributed by atoms with Gasteiger partial charge in [0.1, 0.15) is 25.1 Å². The van der Waals surface area contributed by atoms with E-state index in [2.05, 4.69) is 0 Å². The van der Waals surface area contributed by atoms with Gasteiger partial charge in [0.25, 0.3) is 0 Å². The van der Waals surface area contributed by atoms with E-state index in [0.717, 1.165) is 6.07 Å². The molecule has 0 aliphatic heterocycles. The molecule has 6 heteroatoms. The predicted octanol–water partition coefficient (Wildman–Crippen LogP) is 2.39. The molecular weight excluding hydrogens is 299 g/mol. The average molecular weight is 312 g/mol. The zero-order valence-corrected chi connectivity index (χ0v) is 12.1. The molecule has 0 saturated heterocycles. The highest BCUT2D eigenvalue weighted by atomic mass is 19.1. The first kappa shape index (κ1) is 16.3. The van der Waals surface area contributed by atoms with Crippen molar-refractivity contribution in [1.29, 1.82) is 10.5 Å². The number of hydrogen-bond donors (Lipinski definition) is 1. The van der Waals surface area contributed by atoms with Gasteiger partial charge in [0.05, 0.1) is 23.3 Å². The Labute approximate surface area is 132 Å². The van der Waals surface area contributed by atoms with E-state index in [9.17, 15) is 9.50 Å². The molecule has 0 aromatic heterocycles. The molecule has 2 aromatic carbocycles. The molecule has 0 aliphatic carbocycles. The summed E-state index contributed by atoms with van der Waals surface area (Å²) in [5.74, 6) is -0.196. The minimum Gasteiger partial charge on any atom is -0.491 e. The maximum atomic E-state index is 13.6. The summed E-state index contributed by atoms with van der Waals surface area (Å²) >= 11 is 0. The Morgan fingerprint density at radius 2 is 1.57 bits per heavy atom. The van der Waals surface area contributed by atoms with Gasteiger partial charge in [0.2, 0.25) is 0 Å². The van der Waals surface area contributed by atoms with Crippen molar-refractivity contribution in [3.8, 4) is 23.6 Å². The van der Waals surface area contributed by atoms with Crippen LogP contribution in [-0.4, -0.2) is 24.4 Å². The van der Waals surface area contributed by atoms with E-state index < -0.39 is 11.9 Å². The molecule has 0 fully saturated rings. The molecule has 2 rings (SSSR count). The van der Waals surface area contributed by atoms with Gasteiger partial charge in [-0.3, -0.25) is 0 Å². The highest BCUT2D eigenvalue weighted by Crippen LogP contribution is 2.18. The van der Waals surface area contributed by atoms with Crippen LogP contribution in [-0.2, 0) is 0 Å². The fourth-order valence-corrected chi connectivity index (χ4v) is 1.74. The zero-order chi connectivity index (χ0) is 16.7. The third-order valence-corrected chi connectivity index (χ3v) is 2.92. The van der Waals surface area contributed by atoms with Crippen molar-refractivity contribution in [2.45, 2.75) is 6.10 Å². The van der Waals surface area contributed by atoms with Gasteiger partial charge < -0.3 is 14.6 Å². The monoisotopic (exact) mass is 312 g/mol. The molecule has 5 nitrogen and oxygen atoms in total. The second kappa shape index (κ2) is 7.79. The van der Waals surface area contributed by atoms with Crippen molar-refractivity contribution >= 4 is 0 Å². The molecule has 2 aromatic rings. The number of hydrogen-bond acceptors (Lipinski definition) is 5. The predicted molar refractivity (Wildman–Crippen MR) is 79.3 cm³/mol. The molecule has 23 heavy (non-hydrogen) atoms. The number of aliphatic hydroxyl groups is 1. The van der Waals surface area contributed by atoms with Gasteiger partial charge in [0, 0.05) is 0 Å². The van der Waals surface area contributed by atoms with Gasteiger partial charge in [-0.25, -0.2) is 4.39 Å². The van der Waals surface area contributed by atoms with Crippen LogP contribution in [0, 0.1) is 28.5 Å². The van der Waals surface area contributed by atoms with Gasteiger partial charge in [0.15, 0.2) is 11.6 Å². The van der Waals surface area contributed by atoms with Crippen molar-refractivity contribution in [3.05, 3.63) is 59.4 Å². The Kier molecular flexibility index (Phi) is 5.51. The number of aliphatic hydroxyl groups excluding tert-OH is 1. The molecular formula is C17H13FN2O3. The number of nitrogens with zero attached hydrogens (tertiary/aromatic N) is 2. The molecule has 116 valence electrons. The summed E-state index contributed by atoms with van der Waals surface area (Å²) in [6, 6.07) is 14.1. The van der Waals surface area contributed by atoms with E-state index >= 15 is 0 Å². The summed E-state index contributed by atoms with van der Waals surface area (Å²) in [6.07, 6.45) is -0.958.